The lowest BCUT2D eigenvalue weighted by atomic mass is 9.98. The number of carbonyl (C=O) groups excluding carboxylic acids is 2. The molecule has 1 fully saturated rings. The fraction of sp³-hybridized carbons (Fsp3) is 0.500. The van der Waals surface area contributed by atoms with Gasteiger partial charge in [0.25, 0.3) is 12.9 Å². The first-order chi connectivity index (χ1) is 10.4. The molecule has 0 aromatic carbocycles. The van der Waals surface area contributed by atoms with Gasteiger partial charge < -0.3 is 19.9 Å². The summed E-state index contributed by atoms with van der Waals surface area (Å²) < 4.78 is 30.5. The minimum absolute atomic E-state index is 0.0265. The quantitative estimate of drug-likeness (QED) is 0.674. The van der Waals surface area contributed by atoms with E-state index in [1.807, 2.05) is 0 Å². The molecular weight excluding hydrogens is 301 g/mol. The summed E-state index contributed by atoms with van der Waals surface area (Å²) in [6.07, 6.45) is -2.63. The Morgan fingerprint density at radius 3 is 2.86 bits per heavy atom. The Balaban J connectivity index is 2.37. The molecule has 1 aromatic heterocycles. The van der Waals surface area contributed by atoms with E-state index in [1.54, 1.807) is 0 Å². The van der Waals surface area contributed by atoms with Crippen molar-refractivity contribution in [2.24, 2.45) is 0 Å². The third-order valence-corrected chi connectivity index (χ3v) is 3.32. The molecule has 0 aliphatic carbocycles. The van der Waals surface area contributed by atoms with Crippen LogP contribution in [0.5, 0.6) is 0 Å². The van der Waals surface area contributed by atoms with Gasteiger partial charge in [0.15, 0.2) is 18.0 Å². The lowest BCUT2D eigenvalue weighted by Gasteiger charge is -2.26. The van der Waals surface area contributed by atoms with E-state index in [0.29, 0.717) is 0 Å². The van der Waals surface area contributed by atoms with Crippen molar-refractivity contribution in [3.05, 3.63) is 22.7 Å². The number of hydrogen-bond acceptors (Lipinski definition) is 8. The van der Waals surface area contributed by atoms with E-state index in [2.05, 4.69) is 9.72 Å². The molecule has 0 bridgehead atoms. The summed E-state index contributed by atoms with van der Waals surface area (Å²) in [5.74, 6) is -0.0265. The number of alkyl halides is 1. The molecule has 0 amide bonds. The minimum Gasteiger partial charge on any atom is -0.465 e. The van der Waals surface area contributed by atoms with Crippen LogP contribution >= 0.6 is 0 Å². The van der Waals surface area contributed by atoms with Gasteiger partial charge in [-0.3, -0.25) is 14.2 Å². The molecule has 10 heteroatoms. The number of aromatic nitrogens is 2. The molecule has 2 rings (SSSR count). The first-order valence-electron chi connectivity index (χ1n) is 6.25. The van der Waals surface area contributed by atoms with Crippen molar-refractivity contribution in [3.63, 3.8) is 0 Å². The monoisotopic (exact) mass is 315 g/mol. The van der Waals surface area contributed by atoms with E-state index in [4.69, 9.17) is 15.2 Å². The molecule has 2 N–H and O–H groups in total. The van der Waals surface area contributed by atoms with Crippen molar-refractivity contribution in [3.8, 4) is 0 Å². The van der Waals surface area contributed by atoms with Gasteiger partial charge in [0.2, 0.25) is 0 Å². The predicted octanol–water partition coefficient (Wildman–Crippen LogP) is -0.834. The first kappa shape index (κ1) is 15.9. The lowest BCUT2D eigenvalue weighted by molar-refractivity contribution is -0.145. The summed E-state index contributed by atoms with van der Waals surface area (Å²) in [5.41, 5.74) is 2.30. The molecule has 0 unspecified atom stereocenters. The number of rotatable bonds is 6. The summed E-state index contributed by atoms with van der Waals surface area (Å²) >= 11 is 0. The molecule has 1 aliphatic rings. The third kappa shape index (κ3) is 2.77. The van der Waals surface area contributed by atoms with Crippen molar-refractivity contribution in [1.29, 1.82) is 0 Å². The standard InChI is InChI=1S/C12H14FN3O6/c1-12(13)9(21-6-18)7(4-20-5-17)22-10(12)16-3-2-8(14)15-11(16)19/h2-3,5-7,9-10H,4H2,1H3,(H2,14,15,19)/t7-,9-,10-,12-/m1/s1. The van der Waals surface area contributed by atoms with Crippen LogP contribution in [-0.2, 0) is 23.8 Å². The molecule has 0 radical (unpaired) electrons. The SMILES string of the molecule is C[C@@]1(F)[C@H](OC=O)[C@@H](COC=O)O[C@H]1n1ccc(N)nc1=O. The number of anilines is 1. The van der Waals surface area contributed by atoms with Crippen LogP contribution in [0.3, 0.4) is 0 Å². The van der Waals surface area contributed by atoms with Crippen molar-refractivity contribution in [2.75, 3.05) is 12.3 Å². The van der Waals surface area contributed by atoms with E-state index in [-0.39, 0.29) is 25.4 Å². The van der Waals surface area contributed by atoms with E-state index >= 15 is 0 Å². The Morgan fingerprint density at radius 2 is 2.27 bits per heavy atom. The van der Waals surface area contributed by atoms with Crippen molar-refractivity contribution >= 4 is 18.8 Å². The average molecular weight is 315 g/mol. The fourth-order valence-electron chi connectivity index (χ4n) is 2.36. The summed E-state index contributed by atoms with van der Waals surface area (Å²) in [4.78, 5) is 36.2. The second kappa shape index (κ2) is 6.10. The van der Waals surface area contributed by atoms with E-state index in [0.717, 1.165) is 11.5 Å². The van der Waals surface area contributed by atoms with Crippen molar-refractivity contribution in [2.45, 2.75) is 31.0 Å². The fourth-order valence-corrected chi connectivity index (χ4v) is 2.36. The van der Waals surface area contributed by atoms with Gasteiger partial charge in [0, 0.05) is 6.20 Å². The molecule has 1 aromatic rings. The van der Waals surface area contributed by atoms with Gasteiger partial charge in [-0.2, -0.15) is 4.98 Å². The summed E-state index contributed by atoms with van der Waals surface area (Å²) in [7, 11) is 0. The topological polar surface area (TPSA) is 123 Å². The number of nitrogens with zero attached hydrogens (tertiary/aromatic N) is 2. The zero-order valence-corrected chi connectivity index (χ0v) is 11.5. The van der Waals surface area contributed by atoms with Crippen LogP contribution in [0, 0.1) is 0 Å². The molecule has 9 nitrogen and oxygen atoms in total. The van der Waals surface area contributed by atoms with Crippen LogP contribution in [-0.4, -0.2) is 47.0 Å². The van der Waals surface area contributed by atoms with E-state index in [9.17, 15) is 18.8 Å². The number of hydrogen-bond donors (Lipinski definition) is 1. The first-order valence-corrected chi connectivity index (χ1v) is 6.25. The Morgan fingerprint density at radius 1 is 1.55 bits per heavy atom. The highest BCUT2D eigenvalue weighted by molar-refractivity contribution is 5.39. The second-order valence-corrected chi connectivity index (χ2v) is 4.80. The van der Waals surface area contributed by atoms with Crippen LogP contribution in [0.25, 0.3) is 0 Å². The van der Waals surface area contributed by atoms with E-state index in [1.165, 1.54) is 12.3 Å². The van der Waals surface area contributed by atoms with Gasteiger partial charge in [0.05, 0.1) is 0 Å². The van der Waals surface area contributed by atoms with Crippen LogP contribution in [0.1, 0.15) is 13.2 Å². The Labute approximate surface area is 123 Å². The normalized spacial score (nSPS) is 30.7. The largest absolute Gasteiger partial charge is 0.465 e. The van der Waals surface area contributed by atoms with Gasteiger partial charge in [-0.1, -0.05) is 0 Å². The van der Waals surface area contributed by atoms with Gasteiger partial charge in [-0.05, 0) is 13.0 Å². The molecular formula is C12H14FN3O6. The minimum atomic E-state index is -2.25. The highest BCUT2D eigenvalue weighted by Crippen LogP contribution is 2.42. The molecule has 22 heavy (non-hydrogen) atoms. The Bertz CT molecular complexity index is 619. The van der Waals surface area contributed by atoms with Gasteiger partial charge >= 0.3 is 5.69 Å². The summed E-state index contributed by atoms with van der Waals surface area (Å²) in [6, 6.07) is 1.30. The van der Waals surface area contributed by atoms with Crippen molar-refractivity contribution in [1.82, 2.24) is 9.55 Å². The number of halogens is 1. The molecule has 0 saturated carbocycles. The molecule has 120 valence electrons. The summed E-state index contributed by atoms with van der Waals surface area (Å²) in [6.45, 7) is 0.984. The zero-order valence-electron chi connectivity index (χ0n) is 11.5. The third-order valence-electron chi connectivity index (χ3n) is 3.32. The smallest absolute Gasteiger partial charge is 0.351 e. The van der Waals surface area contributed by atoms with Crippen LogP contribution < -0.4 is 11.4 Å². The van der Waals surface area contributed by atoms with Crippen LogP contribution in [0.4, 0.5) is 10.2 Å². The molecule has 0 spiro atoms. The summed E-state index contributed by atoms with van der Waals surface area (Å²) in [5, 5.41) is 0. The molecule has 4 atom stereocenters. The maximum atomic E-state index is 15.0. The maximum Gasteiger partial charge on any atom is 0.351 e. The highest BCUT2D eigenvalue weighted by Gasteiger charge is 2.57. The number of nitrogens with two attached hydrogens (primary N) is 1. The average Bonchev–Trinajstić information content (AvgIpc) is 2.69. The van der Waals surface area contributed by atoms with Crippen LogP contribution in [0.15, 0.2) is 17.1 Å². The maximum absolute atomic E-state index is 15.0. The van der Waals surface area contributed by atoms with Gasteiger partial charge in [0.1, 0.15) is 18.5 Å². The highest BCUT2D eigenvalue weighted by atomic mass is 19.1. The van der Waals surface area contributed by atoms with Gasteiger partial charge in [-0.25, -0.2) is 9.18 Å². The Kier molecular flexibility index (Phi) is 4.40. The lowest BCUT2D eigenvalue weighted by Crippen LogP contribution is -2.44. The number of nitrogen functional groups attached to an aromatic ring is 1. The zero-order chi connectivity index (χ0) is 16.3. The van der Waals surface area contributed by atoms with E-state index < -0.39 is 29.8 Å². The van der Waals surface area contributed by atoms with Crippen LogP contribution in [0.2, 0.25) is 0 Å². The predicted molar refractivity (Wildman–Crippen MR) is 69.3 cm³/mol. The number of ether oxygens (including phenoxy) is 3. The second-order valence-electron chi connectivity index (χ2n) is 4.80. The molecule has 1 aliphatic heterocycles. The number of carbonyl (C=O) groups is 2. The Hall–Kier alpha value is -2.49. The van der Waals surface area contributed by atoms with Gasteiger partial charge in [-0.15, -0.1) is 0 Å². The molecule has 2 heterocycles. The van der Waals surface area contributed by atoms with Crippen molar-refractivity contribution < 1.29 is 28.2 Å². The molecule has 1 saturated heterocycles.